The summed E-state index contributed by atoms with van der Waals surface area (Å²) in [5.74, 6) is -0.158. The number of aryl methyl sites for hydroxylation is 1. The van der Waals surface area contributed by atoms with Crippen LogP contribution < -0.4 is 5.32 Å². The second kappa shape index (κ2) is 5.14. The summed E-state index contributed by atoms with van der Waals surface area (Å²) in [5, 5.41) is 8.99. The van der Waals surface area contributed by atoms with Gasteiger partial charge in [-0.3, -0.25) is 0 Å². The molecule has 0 radical (unpaired) electrons. The second-order valence-electron chi connectivity index (χ2n) is 3.58. The maximum absolute atomic E-state index is 13.2. The highest BCUT2D eigenvalue weighted by Gasteiger charge is 2.00. The lowest BCUT2D eigenvalue weighted by atomic mass is 10.1. The molecule has 0 aliphatic heterocycles. The normalized spacial score (nSPS) is 10.6. The molecule has 0 atom stereocenters. The Morgan fingerprint density at radius 3 is 2.94 bits per heavy atom. The largest absolute Gasteiger partial charge is 0.307 e. The van der Waals surface area contributed by atoms with Gasteiger partial charge >= 0.3 is 0 Å². The first-order valence-electron chi connectivity index (χ1n) is 4.97. The van der Waals surface area contributed by atoms with Crippen molar-refractivity contribution in [2.24, 2.45) is 0 Å². The molecule has 0 saturated heterocycles. The third-order valence-corrected chi connectivity index (χ3v) is 2.83. The van der Waals surface area contributed by atoms with Gasteiger partial charge < -0.3 is 5.32 Å². The van der Waals surface area contributed by atoms with Crippen LogP contribution in [0.2, 0.25) is 0 Å². The van der Waals surface area contributed by atoms with E-state index in [1.807, 2.05) is 11.4 Å². The van der Waals surface area contributed by atoms with E-state index in [9.17, 15) is 4.39 Å². The Balaban J connectivity index is 1.87. The summed E-state index contributed by atoms with van der Waals surface area (Å²) in [6.45, 7) is 3.05. The molecule has 0 bridgehead atoms. The molecule has 1 heterocycles. The van der Waals surface area contributed by atoms with Crippen LogP contribution in [-0.2, 0) is 13.1 Å². The van der Waals surface area contributed by atoms with Crippen molar-refractivity contribution in [3.63, 3.8) is 0 Å². The molecule has 16 heavy (non-hydrogen) atoms. The highest BCUT2D eigenvalue weighted by Crippen LogP contribution is 2.09. The molecule has 0 unspecified atom stereocenters. The van der Waals surface area contributed by atoms with Crippen molar-refractivity contribution in [3.05, 3.63) is 46.2 Å². The van der Waals surface area contributed by atoms with Gasteiger partial charge in [0.1, 0.15) is 5.82 Å². The molecule has 84 valence electrons. The van der Waals surface area contributed by atoms with Crippen molar-refractivity contribution >= 4 is 11.5 Å². The molecule has 0 saturated carbocycles. The van der Waals surface area contributed by atoms with Crippen molar-refractivity contribution < 1.29 is 4.39 Å². The second-order valence-corrected chi connectivity index (χ2v) is 4.19. The van der Waals surface area contributed by atoms with E-state index in [1.165, 1.54) is 11.5 Å². The van der Waals surface area contributed by atoms with Crippen LogP contribution in [0.5, 0.6) is 0 Å². The van der Waals surface area contributed by atoms with Gasteiger partial charge in [0.2, 0.25) is 0 Å². The van der Waals surface area contributed by atoms with Crippen LogP contribution in [0.4, 0.5) is 4.39 Å². The van der Waals surface area contributed by atoms with E-state index in [-0.39, 0.29) is 5.82 Å². The van der Waals surface area contributed by atoms with Crippen LogP contribution >= 0.6 is 11.5 Å². The predicted octanol–water partition coefficient (Wildman–Crippen LogP) is 2.28. The van der Waals surface area contributed by atoms with Crippen molar-refractivity contribution in [2.45, 2.75) is 20.0 Å². The maximum atomic E-state index is 13.2. The van der Waals surface area contributed by atoms with Crippen LogP contribution in [0, 0.1) is 12.7 Å². The lowest BCUT2D eigenvalue weighted by molar-refractivity contribution is 0.610. The molecular formula is C11H12FN3S. The number of nitrogens with one attached hydrogen (secondary N) is 1. The fourth-order valence-corrected chi connectivity index (χ4v) is 1.79. The van der Waals surface area contributed by atoms with Crippen LogP contribution in [0.15, 0.2) is 23.6 Å². The number of benzene rings is 1. The minimum absolute atomic E-state index is 0.158. The summed E-state index contributed by atoms with van der Waals surface area (Å²) in [4.78, 5) is 0. The Labute approximate surface area is 97.5 Å². The lowest BCUT2D eigenvalue weighted by Gasteiger charge is -2.04. The van der Waals surface area contributed by atoms with Gasteiger partial charge in [0.25, 0.3) is 0 Å². The summed E-state index contributed by atoms with van der Waals surface area (Å²) in [5.41, 5.74) is 2.52. The first kappa shape index (κ1) is 11.2. The predicted molar refractivity (Wildman–Crippen MR) is 61.6 cm³/mol. The Hall–Kier alpha value is -1.33. The molecule has 2 aromatic rings. The number of halogens is 1. The minimum Gasteiger partial charge on any atom is -0.307 e. The monoisotopic (exact) mass is 237 g/mol. The van der Waals surface area contributed by atoms with Crippen molar-refractivity contribution in [1.29, 1.82) is 0 Å². The van der Waals surface area contributed by atoms with E-state index in [0.717, 1.165) is 11.3 Å². The topological polar surface area (TPSA) is 37.8 Å². The van der Waals surface area contributed by atoms with Gasteiger partial charge in [-0.1, -0.05) is 16.6 Å². The lowest BCUT2D eigenvalue weighted by Crippen LogP contribution is -2.13. The third-order valence-electron chi connectivity index (χ3n) is 2.28. The number of nitrogens with zero attached hydrogens (tertiary/aromatic N) is 2. The third kappa shape index (κ3) is 2.84. The Morgan fingerprint density at radius 1 is 1.38 bits per heavy atom. The summed E-state index contributed by atoms with van der Waals surface area (Å²) >= 11 is 1.33. The Bertz CT molecular complexity index is 456. The summed E-state index contributed by atoms with van der Waals surface area (Å²) in [6.07, 6.45) is 0. The molecule has 0 aliphatic rings. The molecule has 0 spiro atoms. The van der Waals surface area contributed by atoms with Crippen LogP contribution in [-0.4, -0.2) is 9.59 Å². The average Bonchev–Trinajstić information content (AvgIpc) is 2.76. The van der Waals surface area contributed by atoms with E-state index in [2.05, 4.69) is 14.9 Å². The van der Waals surface area contributed by atoms with Crippen LogP contribution in [0.1, 0.15) is 16.8 Å². The Kier molecular flexibility index (Phi) is 3.58. The quantitative estimate of drug-likeness (QED) is 0.886. The van der Waals surface area contributed by atoms with E-state index in [1.54, 1.807) is 19.1 Å². The molecule has 1 N–H and O–H groups in total. The van der Waals surface area contributed by atoms with Gasteiger partial charge in [0.05, 0.1) is 5.69 Å². The van der Waals surface area contributed by atoms with Gasteiger partial charge in [0.15, 0.2) is 0 Å². The fourth-order valence-electron chi connectivity index (χ4n) is 1.34. The standard InChI is InChI=1S/C11H12FN3S/c1-8-2-3-9(4-11(8)12)5-13-6-10-7-16-15-14-10/h2-4,7,13H,5-6H2,1H3. The SMILES string of the molecule is Cc1ccc(CNCc2csnn2)cc1F. The Morgan fingerprint density at radius 2 is 2.25 bits per heavy atom. The number of hydrogen-bond donors (Lipinski definition) is 1. The van der Waals surface area contributed by atoms with Crippen molar-refractivity contribution in [3.8, 4) is 0 Å². The molecule has 2 rings (SSSR count). The summed E-state index contributed by atoms with van der Waals surface area (Å²) in [6, 6.07) is 5.27. The van der Waals surface area contributed by atoms with Crippen molar-refractivity contribution in [2.75, 3.05) is 0 Å². The molecule has 1 aromatic heterocycles. The summed E-state index contributed by atoms with van der Waals surface area (Å²) < 4.78 is 17.0. The molecule has 3 nitrogen and oxygen atoms in total. The number of aromatic nitrogens is 2. The molecule has 0 amide bonds. The maximum Gasteiger partial charge on any atom is 0.126 e. The van der Waals surface area contributed by atoms with Gasteiger partial charge in [-0.15, -0.1) is 5.10 Å². The zero-order chi connectivity index (χ0) is 11.4. The van der Waals surface area contributed by atoms with E-state index in [4.69, 9.17) is 0 Å². The van der Waals surface area contributed by atoms with Gasteiger partial charge in [-0.2, -0.15) is 0 Å². The molecular weight excluding hydrogens is 225 g/mol. The van der Waals surface area contributed by atoms with E-state index in [0.29, 0.717) is 18.7 Å². The number of hydrogen-bond acceptors (Lipinski definition) is 4. The van der Waals surface area contributed by atoms with Crippen LogP contribution in [0.25, 0.3) is 0 Å². The van der Waals surface area contributed by atoms with Crippen molar-refractivity contribution in [1.82, 2.24) is 14.9 Å². The smallest absolute Gasteiger partial charge is 0.126 e. The molecule has 0 fully saturated rings. The fraction of sp³-hybridized carbons (Fsp3) is 0.273. The van der Waals surface area contributed by atoms with Gasteiger partial charge in [-0.05, 0) is 35.6 Å². The minimum atomic E-state index is -0.158. The van der Waals surface area contributed by atoms with E-state index >= 15 is 0 Å². The van der Waals surface area contributed by atoms with E-state index < -0.39 is 0 Å². The molecule has 5 heteroatoms. The average molecular weight is 237 g/mol. The van der Waals surface area contributed by atoms with Gasteiger partial charge in [0, 0.05) is 18.5 Å². The highest BCUT2D eigenvalue weighted by atomic mass is 32.1. The first-order chi connectivity index (χ1) is 7.75. The molecule has 0 aliphatic carbocycles. The zero-order valence-corrected chi connectivity index (χ0v) is 9.72. The first-order valence-corrected chi connectivity index (χ1v) is 5.81. The van der Waals surface area contributed by atoms with Crippen LogP contribution in [0.3, 0.4) is 0 Å². The summed E-state index contributed by atoms with van der Waals surface area (Å²) in [7, 11) is 0. The molecule has 1 aromatic carbocycles. The van der Waals surface area contributed by atoms with Gasteiger partial charge in [-0.25, -0.2) is 4.39 Å². The zero-order valence-electron chi connectivity index (χ0n) is 8.90. The number of rotatable bonds is 4. The highest BCUT2D eigenvalue weighted by molar-refractivity contribution is 7.03.